The molecule has 0 heterocycles. The molecule has 0 aromatic heterocycles. The van der Waals surface area contributed by atoms with E-state index in [4.69, 9.17) is 4.74 Å². The van der Waals surface area contributed by atoms with Gasteiger partial charge in [-0.1, -0.05) is 160 Å². The Bertz CT molecular complexity index is 949. The number of para-hydroxylation sites is 1. The molecule has 3 heteroatoms. The molecule has 42 heavy (non-hydrogen) atoms. The van der Waals surface area contributed by atoms with Gasteiger partial charge in [0.2, 0.25) is 0 Å². The number of carbonyl (C=O) groups is 1. The van der Waals surface area contributed by atoms with Gasteiger partial charge in [-0.2, -0.15) is 0 Å². The average molecular weight is 593 g/mol. The molecule has 0 saturated heterocycles. The number of thioether (sulfide) groups is 1. The Kier molecular flexibility index (Phi) is 22.0. The molecule has 2 rings (SSSR count). The molecule has 2 nitrogen and oxygen atoms in total. The van der Waals surface area contributed by atoms with Gasteiger partial charge in [0.05, 0.1) is 12.2 Å². The topological polar surface area (TPSA) is 26.3 Å². The van der Waals surface area contributed by atoms with Crippen molar-refractivity contribution in [3.63, 3.8) is 0 Å². The Hall–Kier alpha value is -2.00. The molecular formula is C39H60O2S. The monoisotopic (exact) mass is 592 g/mol. The largest absolute Gasteiger partial charge is 0.493 e. The van der Waals surface area contributed by atoms with Crippen molar-refractivity contribution < 1.29 is 9.53 Å². The van der Waals surface area contributed by atoms with E-state index in [1.54, 1.807) is 6.08 Å². The minimum Gasteiger partial charge on any atom is -0.493 e. The number of rotatable bonds is 27. The van der Waals surface area contributed by atoms with Crippen molar-refractivity contribution in [2.75, 3.05) is 12.4 Å². The maximum Gasteiger partial charge on any atom is 0.189 e. The molecule has 0 aliphatic heterocycles. The first-order valence-corrected chi connectivity index (χ1v) is 18.4. The maximum atomic E-state index is 12.8. The van der Waals surface area contributed by atoms with Crippen molar-refractivity contribution in [1.29, 1.82) is 0 Å². The highest BCUT2D eigenvalue weighted by Crippen LogP contribution is 2.23. The molecule has 2 aromatic carbocycles. The Morgan fingerprint density at radius 3 is 1.67 bits per heavy atom. The van der Waals surface area contributed by atoms with Crippen LogP contribution in [0.5, 0.6) is 5.75 Å². The summed E-state index contributed by atoms with van der Waals surface area (Å²) in [6, 6.07) is 16.1. The van der Waals surface area contributed by atoms with Crippen molar-refractivity contribution >= 4 is 23.6 Å². The molecule has 0 bridgehead atoms. The molecule has 0 aliphatic carbocycles. The van der Waals surface area contributed by atoms with Crippen LogP contribution in [-0.2, 0) is 0 Å². The summed E-state index contributed by atoms with van der Waals surface area (Å²) in [6.07, 6.45) is 31.2. The van der Waals surface area contributed by atoms with Gasteiger partial charge in [0.25, 0.3) is 0 Å². The SMILES string of the molecule is CCCCCCCCCCCCCCCCCCCCSc1ccc(C=CC(=O)c2ccccc2OCCCC)cc1. The molecule has 0 radical (unpaired) electrons. The second kappa shape index (κ2) is 25.5. The fourth-order valence-corrected chi connectivity index (χ4v) is 6.17. The first-order chi connectivity index (χ1) is 20.7. The minimum absolute atomic E-state index is 0.0189. The van der Waals surface area contributed by atoms with E-state index in [2.05, 4.69) is 38.1 Å². The van der Waals surface area contributed by atoms with Gasteiger partial charge in [0, 0.05) is 4.90 Å². The summed E-state index contributed by atoms with van der Waals surface area (Å²) in [6.45, 7) is 5.07. The van der Waals surface area contributed by atoms with Crippen LogP contribution in [0.15, 0.2) is 59.5 Å². The fourth-order valence-electron chi connectivity index (χ4n) is 5.25. The maximum absolute atomic E-state index is 12.8. The Balaban J connectivity index is 1.46. The Morgan fingerprint density at radius 2 is 1.12 bits per heavy atom. The van der Waals surface area contributed by atoms with Crippen LogP contribution in [0.1, 0.15) is 158 Å². The van der Waals surface area contributed by atoms with E-state index >= 15 is 0 Å². The van der Waals surface area contributed by atoms with Gasteiger partial charge in [-0.3, -0.25) is 4.79 Å². The van der Waals surface area contributed by atoms with E-state index < -0.39 is 0 Å². The summed E-state index contributed by atoms with van der Waals surface area (Å²) < 4.78 is 5.82. The number of hydrogen-bond donors (Lipinski definition) is 0. The number of unbranched alkanes of at least 4 members (excludes halogenated alkanes) is 18. The number of ether oxygens (including phenoxy) is 1. The zero-order chi connectivity index (χ0) is 29.9. The van der Waals surface area contributed by atoms with Gasteiger partial charge >= 0.3 is 0 Å². The number of benzene rings is 2. The third-order valence-electron chi connectivity index (χ3n) is 7.98. The summed E-state index contributed by atoms with van der Waals surface area (Å²) in [5.74, 6) is 1.84. The first-order valence-electron chi connectivity index (χ1n) is 17.4. The molecule has 0 aliphatic rings. The van der Waals surface area contributed by atoms with Crippen LogP contribution >= 0.6 is 11.8 Å². The van der Waals surface area contributed by atoms with Crippen LogP contribution < -0.4 is 4.74 Å². The van der Waals surface area contributed by atoms with Crippen LogP contribution in [0.2, 0.25) is 0 Å². The lowest BCUT2D eigenvalue weighted by Gasteiger charge is -2.09. The standard InChI is InChI=1S/C39H60O2S/c1-3-5-7-8-9-10-11-12-13-14-15-16-17-18-19-20-21-24-34-42-36-30-27-35(28-31-36)29-32-38(40)37-25-22-23-26-39(37)41-33-6-4-2/h22-23,25-32H,3-21,24,33-34H2,1-2H3. The minimum atomic E-state index is -0.0189. The lowest BCUT2D eigenvalue weighted by molar-refractivity contribution is 0.104. The predicted octanol–water partition coefficient (Wildman–Crippen LogP) is 12.9. The van der Waals surface area contributed by atoms with Crippen molar-refractivity contribution in [3.8, 4) is 5.75 Å². The molecule has 0 atom stereocenters. The molecular weight excluding hydrogens is 532 g/mol. The molecule has 0 fully saturated rings. The molecule has 234 valence electrons. The van der Waals surface area contributed by atoms with Gasteiger partial charge in [0.15, 0.2) is 5.78 Å². The van der Waals surface area contributed by atoms with Gasteiger partial charge < -0.3 is 4.74 Å². The van der Waals surface area contributed by atoms with E-state index in [9.17, 15) is 4.79 Å². The van der Waals surface area contributed by atoms with E-state index in [-0.39, 0.29) is 5.78 Å². The van der Waals surface area contributed by atoms with Crippen LogP contribution in [0.4, 0.5) is 0 Å². The summed E-state index contributed by atoms with van der Waals surface area (Å²) in [5, 5.41) is 0. The van der Waals surface area contributed by atoms with E-state index in [1.165, 1.54) is 126 Å². The molecule has 2 aromatic rings. The van der Waals surface area contributed by atoms with Crippen molar-refractivity contribution in [2.24, 2.45) is 0 Å². The molecule has 0 amide bonds. The second-order valence-electron chi connectivity index (χ2n) is 11.8. The van der Waals surface area contributed by atoms with E-state index in [0.29, 0.717) is 17.9 Å². The highest BCUT2D eigenvalue weighted by atomic mass is 32.2. The summed E-state index contributed by atoms with van der Waals surface area (Å²) in [4.78, 5) is 14.1. The van der Waals surface area contributed by atoms with Crippen molar-refractivity contribution in [1.82, 2.24) is 0 Å². The van der Waals surface area contributed by atoms with Crippen LogP contribution in [0.3, 0.4) is 0 Å². The van der Waals surface area contributed by atoms with Gasteiger partial charge in [-0.25, -0.2) is 0 Å². The smallest absolute Gasteiger partial charge is 0.189 e. The van der Waals surface area contributed by atoms with E-state index in [1.807, 2.05) is 42.1 Å². The Morgan fingerprint density at radius 1 is 0.619 bits per heavy atom. The van der Waals surface area contributed by atoms with Gasteiger partial charge in [-0.05, 0) is 54.5 Å². The van der Waals surface area contributed by atoms with Crippen molar-refractivity contribution in [2.45, 2.75) is 147 Å². The second-order valence-corrected chi connectivity index (χ2v) is 13.0. The number of allylic oxidation sites excluding steroid dienone is 1. The zero-order valence-electron chi connectivity index (χ0n) is 27.1. The van der Waals surface area contributed by atoms with Crippen LogP contribution in [0.25, 0.3) is 6.08 Å². The normalized spacial score (nSPS) is 11.4. The molecule has 0 N–H and O–H groups in total. The molecule has 0 saturated carbocycles. The third-order valence-corrected chi connectivity index (χ3v) is 9.08. The highest BCUT2D eigenvalue weighted by molar-refractivity contribution is 7.99. The summed E-state index contributed by atoms with van der Waals surface area (Å²) in [7, 11) is 0. The zero-order valence-corrected chi connectivity index (χ0v) is 27.9. The van der Waals surface area contributed by atoms with Crippen LogP contribution in [-0.4, -0.2) is 18.1 Å². The fraction of sp³-hybridized carbons (Fsp3) is 0.615. The van der Waals surface area contributed by atoms with Crippen LogP contribution in [0, 0.1) is 0 Å². The summed E-state index contributed by atoms with van der Waals surface area (Å²) in [5.41, 5.74) is 1.67. The Labute approximate surface area is 263 Å². The highest BCUT2D eigenvalue weighted by Gasteiger charge is 2.09. The number of ketones is 1. The lowest BCUT2D eigenvalue weighted by atomic mass is 10.0. The quantitative estimate of drug-likeness (QED) is 0.0447. The van der Waals surface area contributed by atoms with E-state index in [0.717, 1.165) is 18.4 Å². The summed E-state index contributed by atoms with van der Waals surface area (Å²) >= 11 is 1.94. The third kappa shape index (κ3) is 17.8. The van der Waals surface area contributed by atoms with Gasteiger partial charge in [-0.15, -0.1) is 11.8 Å². The number of carbonyl (C=O) groups excluding carboxylic acids is 1. The predicted molar refractivity (Wildman–Crippen MR) is 186 cm³/mol. The first kappa shape index (κ1) is 36.2. The average Bonchev–Trinajstić information content (AvgIpc) is 3.02. The van der Waals surface area contributed by atoms with Gasteiger partial charge in [0.1, 0.15) is 5.75 Å². The molecule has 0 spiro atoms. The lowest BCUT2D eigenvalue weighted by Crippen LogP contribution is -2.03. The molecule has 0 unspecified atom stereocenters. The number of hydrogen-bond acceptors (Lipinski definition) is 3. The van der Waals surface area contributed by atoms with Crippen molar-refractivity contribution in [3.05, 3.63) is 65.7 Å².